The number of carbonyl (C=O) groups is 1. The van der Waals surface area contributed by atoms with Crippen molar-refractivity contribution in [1.82, 2.24) is 4.98 Å². The van der Waals surface area contributed by atoms with Gasteiger partial charge >= 0.3 is 0 Å². The first-order valence-corrected chi connectivity index (χ1v) is 5.10. The van der Waals surface area contributed by atoms with E-state index in [2.05, 4.69) is 4.98 Å². The van der Waals surface area contributed by atoms with Gasteiger partial charge in [-0.3, -0.25) is 9.78 Å². The summed E-state index contributed by atoms with van der Waals surface area (Å²) >= 11 is 0. The maximum atomic E-state index is 11.8. The Bertz CT molecular complexity index is 313. The topological polar surface area (TPSA) is 59.2 Å². The Morgan fingerprint density at radius 3 is 2.67 bits per heavy atom. The average molecular weight is 207 g/mol. The van der Waals surface area contributed by atoms with Crippen molar-refractivity contribution in [3.05, 3.63) is 24.5 Å². The first-order chi connectivity index (χ1) is 7.16. The van der Waals surface area contributed by atoms with Crippen LogP contribution in [0.4, 0.5) is 5.69 Å². The molecule has 0 saturated heterocycles. The second-order valence-corrected chi connectivity index (χ2v) is 3.50. The van der Waals surface area contributed by atoms with Crippen LogP contribution in [0.3, 0.4) is 0 Å². The molecular weight excluding hydrogens is 190 g/mol. The Labute approximate surface area is 90.1 Å². The minimum absolute atomic E-state index is 0.0527. The van der Waals surface area contributed by atoms with E-state index in [4.69, 9.17) is 5.73 Å². The van der Waals surface area contributed by atoms with E-state index in [1.54, 1.807) is 36.5 Å². The molecule has 0 unspecified atom stereocenters. The summed E-state index contributed by atoms with van der Waals surface area (Å²) in [7, 11) is 1.73. The van der Waals surface area contributed by atoms with Gasteiger partial charge in [0.05, 0.1) is 6.04 Å². The van der Waals surface area contributed by atoms with Crippen molar-refractivity contribution in [3.63, 3.8) is 0 Å². The Morgan fingerprint density at radius 1 is 1.53 bits per heavy atom. The van der Waals surface area contributed by atoms with Crippen molar-refractivity contribution < 1.29 is 4.79 Å². The molecular formula is C11H17N3O. The quantitative estimate of drug-likeness (QED) is 0.806. The van der Waals surface area contributed by atoms with Gasteiger partial charge in [0, 0.05) is 25.1 Å². The Morgan fingerprint density at radius 2 is 2.13 bits per heavy atom. The standard InChI is InChI=1S/C11H17N3O/c1-3-4-10(12)11(15)14(2)9-5-7-13-8-6-9/h5-8,10H,3-4,12H2,1-2H3/t10-/m1/s1. The van der Waals surface area contributed by atoms with Crippen molar-refractivity contribution >= 4 is 11.6 Å². The molecule has 1 aromatic rings. The number of nitrogens with two attached hydrogens (primary N) is 1. The number of amides is 1. The number of aromatic nitrogens is 1. The SMILES string of the molecule is CCC[C@@H](N)C(=O)N(C)c1ccncc1. The second kappa shape index (κ2) is 5.46. The van der Waals surface area contributed by atoms with Crippen molar-refractivity contribution in [2.45, 2.75) is 25.8 Å². The lowest BCUT2D eigenvalue weighted by Gasteiger charge is -2.20. The second-order valence-electron chi connectivity index (χ2n) is 3.50. The molecule has 1 aromatic heterocycles. The normalized spacial score (nSPS) is 12.2. The molecule has 0 bridgehead atoms. The lowest BCUT2D eigenvalue weighted by molar-refractivity contribution is -0.119. The van der Waals surface area contributed by atoms with E-state index in [-0.39, 0.29) is 5.91 Å². The molecule has 2 N–H and O–H groups in total. The van der Waals surface area contributed by atoms with Crippen LogP contribution in [0.1, 0.15) is 19.8 Å². The molecule has 0 fully saturated rings. The number of likely N-dealkylation sites (N-methyl/N-ethyl adjacent to an activating group) is 1. The van der Waals surface area contributed by atoms with Crippen LogP contribution in [0, 0.1) is 0 Å². The van der Waals surface area contributed by atoms with Crippen LogP contribution in [0.5, 0.6) is 0 Å². The lowest BCUT2D eigenvalue weighted by atomic mass is 10.1. The highest BCUT2D eigenvalue weighted by Gasteiger charge is 2.17. The first kappa shape index (κ1) is 11.7. The first-order valence-electron chi connectivity index (χ1n) is 5.10. The molecule has 1 atom stereocenters. The van der Waals surface area contributed by atoms with Crippen LogP contribution in [-0.4, -0.2) is 24.0 Å². The molecule has 0 aliphatic heterocycles. The summed E-state index contributed by atoms with van der Waals surface area (Å²) in [6.45, 7) is 2.01. The maximum absolute atomic E-state index is 11.8. The zero-order chi connectivity index (χ0) is 11.3. The van der Waals surface area contributed by atoms with Crippen LogP contribution >= 0.6 is 0 Å². The summed E-state index contributed by atoms with van der Waals surface area (Å²) in [4.78, 5) is 17.3. The fourth-order valence-corrected chi connectivity index (χ4v) is 1.38. The molecule has 0 saturated carbocycles. The van der Waals surface area contributed by atoms with E-state index in [9.17, 15) is 4.79 Å². The molecule has 15 heavy (non-hydrogen) atoms. The third kappa shape index (κ3) is 3.02. The fraction of sp³-hybridized carbons (Fsp3) is 0.455. The summed E-state index contributed by atoms with van der Waals surface area (Å²) in [5.74, 6) is -0.0527. The molecule has 0 aromatic carbocycles. The van der Waals surface area contributed by atoms with E-state index >= 15 is 0 Å². The van der Waals surface area contributed by atoms with E-state index in [1.165, 1.54) is 0 Å². The molecule has 0 radical (unpaired) electrons. The summed E-state index contributed by atoms with van der Waals surface area (Å²) in [6.07, 6.45) is 4.94. The summed E-state index contributed by atoms with van der Waals surface area (Å²) in [5.41, 5.74) is 6.58. The van der Waals surface area contributed by atoms with Gasteiger partial charge in [0.2, 0.25) is 5.91 Å². The lowest BCUT2D eigenvalue weighted by Crippen LogP contribution is -2.41. The number of rotatable bonds is 4. The van der Waals surface area contributed by atoms with Crippen LogP contribution in [0.15, 0.2) is 24.5 Å². The fourth-order valence-electron chi connectivity index (χ4n) is 1.38. The minimum atomic E-state index is -0.409. The number of anilines is 1. The Balaban J connectivity index is 2.69. The van der Waals surface area contributed by atoms with Gasteiger partial charge in [-0.1, -0.05) is 13.3 Å². The highest BCUT2D eigenvalue weighted by molar-refractivity contribution is 5.96. The number of hydrogen-bond donors (Lipinski definition) is 1. The van der Waals surface area contributed by atoms with E-state index in [0.29, 0.717) is 6.42 Å². The molecule has 82 valence electrons. The van der Waals surface area contributed by atoms with Crippen LogP contribution in [0.2, 0.25) is 0 Å². The van der Waals surface area contributed by atoms with Crippen LogP contribution in [-0.2, 0) is 4.79 Å². The molecule has 0 aliphatic carbocycles. The smallest absolute Gasteiger partial charge is 0.243 e. The Kier molecular flexibility index (Phi) is 4.24. The number of hydrogen-bond acceptors (Lipinski definition) is 3. The monoisotopic (exact) mass is 207 g/mol. The summed E-state index contributed by atoms with van der Waals surface area (Å²) in [6, 6.07) is 3.17. The van der Waals surface area contributed by atoms with Gasteiger partial charge in [-0.25, -0.2) is 0 Å². The minimum Gasteiger partial charge on any atom is -0.320 e. The van der Waals surface area contributed by atoms with Crippen molar-refractivity contribution in [3.8, 4) is 0 Å². The molecule has 1 rings (SSSR count). The largest absolute Gasteiger partial charge is 0.320 e. The predicted molar refractivity (Wildman–Crippen MR) is 60.5 cm³/mol. The molecule has 4 heteroatoms. The zero-order valence-electron chi connectivity index (χ0n) is 9.18. The highest BCUT2D eigenvalue weighted by atomic mass is 16.2. The maximum Gasteiger partial charge on any atom is 0.243 e. The molecule has 0 spiro atoms. The molecule has 1 amide bonds. The average Bonchev–Trinajstić information content (AvgIpc) is 2.28. The van der Waals surface area contributed by atoms with E-state index in [1.807, 2.05) is 6.92 Å². The molecule has 4 nitrogen and oxygen atoms in total. The van der Waals surface area contributed by atoms with Gasteiger partial charge < -0.3 is 10.6 Å². The number of pyridine rings is 1. The number of carbonyl (C=O) groups excluding carboxylic acids is 1. The van der Waals surface area contributed by atoms with Crippen molar-refractivity contribution in [1.29, 1.82) is 0 Å². The van der Waals surface area contributed by atoms with Crippen molar-refractivity contribution in [2.24, 2.45) is 5.73 Å². The van der Waals surface area contributed by atoms with Crippen LogP contribution < -0.4 is 10.6 Å². The molecule has 1 heterocycles. The van der Waals surface area contributed by atoms with Crippen LogP contribution in [0.25, 0.3) is 0 Å². The van der Waals surface area contributed by atoms with Gasteiger partial charge in [0.25, 0.3) is 0 Å². The highest BCUT2D eigenvalue weighted by Crippen LogP contribution is 2.11. The summed E-state index contributed by atoms with van der Waals surface area (Å²) in [5, 5.41) is 0. The summed E-state index contributed by atoms with van der Waals surface area (Å²) < 4.78 is 0. The third-order valence-electron chi connectivity index (χ3n) is 2.30. The van der Waals surface area contributed by atoms with Gasteiger partial charge in [-0.05, 0) is 18.6 Å². The van der Waals surface area contributed by atoms with Gasteiger partial charge in [-0.2, -0.15) is 0 Å². The van der Waals surface area contributed by atoms with Crippen molar-refractivity contribution in [2.75, 3.05) is 11.9 Å². The molecule has 0 aliphatic rings. The van der Waals surface area contributed by atoms with Gasteiger partial charge in [0.1, 0.15) is 0 Å². The zero-order valence-corrected chi connectivity index (χ0v) is 9.18. The number of nitrogens with zero attached hydrogens (tertiary/aromatic N) is 2. The van der Waals surface area contributed by atoms with E-state index in [0.717, 1.165) is 12.1 Å². The Hall–Kier alpha value is -1.42. The van der Waals surface area contributed by atoms with Gasteiger partial charge in [-0.15, -0.1) is 0 Å². The van der Waals surface area contributed by atoms with Gasteiger partial charge in [0.15, 0.2) is 0 Å². The third-order valence-corrected chi connectivity index (χ3v) is 2.30. The predicted octanol–water partition coefficient (Wildman–Crippen LogP) is 1.17. The van der Waals surface area contributed by atoms with E-state index < -0.39 is 6.04 Å².